The lowest BCUT2D eigenvalue weighted by Crippen LogP contribution is -2.25. The summed E-state index contributed by atoms with van der Waals surface area (Å²) in [6.45, 7) is 0. The van der Waals surface area contributed by atoms with Gasteiger partial charge in [0.1, 0.15) is 11.0 Å². The van der Waals surface area contributed by atoms with Gasteiger partial charge < -0.3 is 10.1 Å². The molecule has 0 bridgehead atoms. The first kappa shape index (κ1) is 25.9. The number of rotatable bonds is 6. The second-order valence-electron chi connectivity index (χ2n) is 8.61. The van der Waals surface area contributed by atoms with Crippen molar-refractivity contribution >= 4 is 51.7 Å². The van der Waals surface area contributed by atoms with Crippen LogP contribution in [0, 0.1) is 11.6 Å². The van der Waals surface area contributed by atoms with Crippen LogP contribution < -0.4 is 10.1 Å². The molecule has 0 saturated heterocycles. The molecule has 0 aliphatic carbocycles. The van der Waals surface area contributed by atoms with Crippen LogP contribution in [0.3, 0.4) is 0 Å². The van der Waals surface area contributed by atoms with Crippen LogP contribution in [0.15, 0.2) is 76.8 Å². The molecule has 11 heteroatoms. The normalized spacial score (nSPS) is 18.8. The van der Waals surface area contributed by atoms with E-state index in [0.29, 0.717) is 22.4 Å². The number of amidine groups is 1. The quantitative estimate of drug-likeness (QED) is 0.416. The van der Waals surface area contributed by atoms with Crippen LogP contribution in [0.2, 0.25) is 5.02 Å². The van der Waals surface area contributed by atoms with E-state index in [9.17, 15) is 18.4 Å². The Bertz CT molecular complexity index is 1450. The van der Waals surface area contributed by atoms with Crippen LogP contribution in [-0.4, -0.2) is 40.1 Å². The van der Waals surface area contributed by atoms with E-state index >= 15 is 0 Å². The van der Waals surface area contributed by atoms with Crippen molar-refractivity contribution in [2.45, 2.75) is 24.1 Å². The number of hydrogen-bond donors (Lipinski definition) is 1. The third kappa shape index (κ3) is 5.56. The standard InChI is InChI=1S/C27H21ClF2N4O3S/c1-37-19-9-4-16(5-10-19)23-13-22(15-2-6-17(28)7-3-15)33-34(23)27-32-26(36)24(38-27)14-25(35)31-18-8-11-20(29)21(30)12-18/h2-12,23-24H,13-14H2,1H3,(H,31,35)/t23-,24+/m0/s1. The van der Waals surface area contributed by atoms with Gasteiger partial charge in [0.15, 0.2) is 16.8 Å². The maximum Gasteiger partial charge on any atom is 0.262 e. The van der Waals surface area contributed by atoms with Crippen molar-refractivity contribution < 1.29 is 23.1 Å². The first-order valence-corrected chi connectivity index (χ1v) is 12.9. The molecule has 2 aliphatic heterocycles. The minimum atomic E-state index is -1.08. The highest BCUT2D eigenvalue weighted by Crippen LogP contribution is 2.39. The summed E-state index contributed by atoms with van der Waals surface area (Å²) < 4.78 is 31.9. The highest BCUT2D eigenvalue weighted by atomic mass is 35.5. The number of hydrogen-bond acceptors (Lipinski definition) is 6. The molecule has 194 valence electrons. The van der Waals surface area contributed by atoms with E-state index in [1.807, 2.05) is 36.4 Å². The van der Waals surface area contributed by atoms with Crippen LogP contribution in [0.5, 0.6) is 5.75 Å². The van der Waals surface area contributed by atoms with Gasteiger partial charge >= 0.3 is 0 Å². The summed E-state index contributed by atoms with van der Waals surface area (Å²) in [6, 6.07) is 17.7. The molecule has 5 rings (SSSR count). The highest BCUT2D eigenvalue weighted by Gasteiger charge is 2.39. The van der Waals surface area contributed by atoms with Crippen LogP contribution in [0.25, 0.3) is 0 Å². The van der Waals surface area contributed by atoms with Gasteiger partial charge in [-0.25, -0.2) is 13.8 Å². The maximum atomic E-state index is 13.5. The molecule has 2 aliphatic rings. The zero-order valence-electron chi connectivity index (χ0n) is 20.0. The SMILES string of the molecule is COc1ccc([C@@H]2CC(c3ccc(Cl)cc3)=NN2C2=NC(=O)[C@@H](CC(=O)Nc3ccc(F)c(F)c3)S2)cc1. The Morgan fingerprint density at radius 1 is 1.11 bits per heavy atom. The van der Waals surface area contributed by atoms with E-state index in [-0.39, 0.29) is 18.2 Å². The number of carbonyl (C=O) groups excluding carboxylic acids is 2. The van der Waals surface area contributed by atoms with Gasteiger partial charge in [-0.15, -0.1) is 0 Å². The number of halogens is 3. The molecular formula is C27H21ClF2N4O3S. The minimum absolute atomic E-state index is 0.0989. The number of amides is 2. The number of nitrogens with one attached hydrogen (secondary N) is 1. The molecule has 0 radical (unpaired) electrons. The largest absolute Gasteiger partial charge is 0.497 e. The van der Waals surface area contributed by atoms with Gasteiger partial charge in [0.25, 0.3) is 5.91 Å². The molecule has 0 saturated carbocycles. The maximum absolute atomic E-state index is 13.5. The summed E-state index contributed by atoms with van der Waals surface area (Å²) in [6.07, 6.45) is 0.368. The predicted octanol–water partition coefficient (Wildman–Crippen LogP) is 5.80. The number of thioether (sulfide) groups is 1. The topological polar surface area (TPSA) is 83.4 Å². The lowest BCUT2D eigenvalue weighted by atomic mass is 9.98. The predicted molar refractivity (Wildman–Crippen MR) is 144 cm³/mol. The number of aliphatic imine (C=N–C) groups is 1. The lowest BCUT2D eigenvalue weighted by Gasteiger charge is -2.23. The summed E-state index contributed by atoms with van der Waals surface area (Å²) in [5.74, 6) is -2.36. The Hall–Kier alpha value is -3.76. The molecule has 2 atom stereocenters. The third-order valence-electron chi connectivity index (χ3n) is 6.09. The molecule has 1 N–H and O–H groups in total. The van der Waals surface area contributed by atoms with E-state index in [4.69, 9.17) is 21.4 Å². The zero-order valence-corrected chi connectivity index (χ0v) is 21.6. The first-order chi connectivity index (χ1) is 18.3. The molecule has 0 spiro atoms. The Morgan fingerprint density at radius 2 is 1.84 bits per heavy atom. The van der Waals surface area contributed by atoms with Gasteiger partial charge in [-0.1, -0.05) is 47.6 Å². The summed E-state index contributed by atoms with van der Waals surface area (Å²) in [7, 11) is 1.59. The van der Waals surface area contributed by atoms with Crippen molar-refractivity contribution in [1.82, 2.24) is 5.01 Å². The number of hydrazone groups is 1. The molecule has 2 amide bonds. The molecular weight excluding hydrogens is 534 g/mol. The molecule has 0 aromatic heterocycles. The average Bonchev–Trinajstić information content (AvgIpc) is 3.50. The molecule has 7 nitrogen and oxygen atoms in total. The number of ether oxygens (including phenoxy) is 1. The Labute approximate surface area is 226 Å². The summed E-state index contributed by atoms with van der Waals surface area (Å²) in [5.41, 5.74) is 2.75. The van der Waals surface area contributed by atoms with E-state index < -0.39 is 28.7 Å². The lowest BCUT2D eigenvalue weighted by molar-refractivity contribution is -0.121. The average molecular weight is 555 g/mol. The van der Waals surface area contributed by atoms with Crippen molar-refractivity contribution in [3.8, 4) is 5.75 Å². The number of carbonyl (C=O) groups is 2. The van der Waals surface area contributed by atoms with Gasteiger partial charge in [0.05, 0.1) is 18.9 Å². The van der Waals surface area contributed by atoms with E-state index in [1.165, 1.54) is 6.07 Å². The van der Waals surface area contributed by atoms with Gasteiger partial charge in [0, 0.05) is 29.6 Å². The number of anilines is 1. The zero-order chi connectivity index (χ0) is 26.8. The smallest absolute Gasteiger partial charge is 0.262 e. The second-order valence-corrected chi connectivity index (χ2v) is 10.2. The minimum Gasteiger partial charge on any atom is -0.497 e. The summed E-state index contributed by atoms with van der Waals surface area (Å²) in [5, 5.41) is 9.22. The highest BCUT2D eigenvalue weighted by molar-refractivity contribution is 8.15. The number of benzene rings is 3. The molecule has 0 unspecified atom stereocenters. The first-order valence-electron chi connectivity index (χ1n) is 11.6. The van der Waals surface area contributed by atoms with Crippen LogP contribution in [-0.2, 0) is 9.59 Å². The summed E-state index contributed by atoms with van der Waals surface area (Å²) >= 11 is 7.20. The van der Waals surface area contributed by atoms with Crippen LogP contribution in [0.4, 0.5) is 14.5 Å². The Morgan fingerprint density at radius 3 is 2.53 bits per heavy atom. The fourth-order valence-electron chi connectivity index (χ4n) is 4.15. The molecule has 3 aromatic rings. The van der Waals surface area contributed by atoms with E-state index in [1.54, 1.807) is 24.3 Å². The second kappa shape index (κ2) is 10.9. The van der Waals surface area contributed by atoms with Crippen molar-refractivity contribution in [2.75, 3.05) is 12.4 Å². The van der Waals surface area contributed by atoms with E-state index in [2.05, 4.69) is 10.3 Å². The fraction of sp³-hybridized carbons (Fsp3) is 0.185. The van der Waals surface area contributed by atoms with Gasteiger partial charge in [-0.2, -0.15) is 10.1 Å². The van der Waals surface area contributed by atoms with Crippen molar-refractivity contribution in [3.63, 3.8) is 0 Å². The Balaban J connectivity index is 1.34. The fourth-order valence-corrected chi connectivity index (χ4v) is 5.34. The van der Waals surface area contributed by atoms with E-state index in [0.717, 1.165) is 40.7 Å². The van der Waals surface area contributed by atoms with Crippen LogP contribution in [0.1, 0.15) is 30.0 Å². The van der Waals surface area contributed by atoms with Crippen molar-refractivity contribution in [2.24, 2.45) is 10.1 Å². The van der Waals surface area contributed by atoms with Gasteiger partial charge in [-0.3, -0.25) is 9.59 Å². The molecule has 3 aromatic carbocycles. The Kier molecular flexibility index (Phi) is 7.44. The van der Waals surface area contributed by atoms with Gasteiger partial charge in [0.2, 0.25) is 5.91 Å². The number of nitrogens with zero attached hydrogens (tertiary/aromatic N) is 3. The van der Waals surface area contributed by atoms with Crippen LogP contribution >= 0.6 is 23.4 Å². The van der Waals surface area contributed by atoms with Crippen molar-refractivity contribution in [1.29, 1.82) is 0 Å². The number of methoxy groups -OCH3 is 1. The molecule has 38 heavy (non-hydrogen) atoms. The molecule has 0 fully saturated rings. The third-order valence-corrected chi connectivity index (χ3v) is 7.48. The van der Waals surface area contributed by atoms with Crippen molar-refractivity contribution in [3.05, 3.63) is 94.5 Å². The monoisotopic (exact) mass is 554 g/mol. The van der Waals surface area contributed by atoms with Gasteiger partial charge in [-0.05, 0) is 47.5 Å². The summed E-state index contributed by atoms with van der Waals surface area (Å²) in [4.78, 5) is 29.5. The molecule has 2 heterocycles.